The Morgan fingerprint density at radius 1 is 1.33 bits per heavy atom. The summed E-state index contributed by atoms with van der Waals surface area (Å²) in [6.45, 7) is 4.09. The number of carbonyl (C=O) groups excluding carboxylic acids is 2. The maximum absolute atomic E-state index is 12.4. The third-order valence-electron chi connectivity index (χ3n) is 3.58. The highest BCUT2D eigenvalue weighted by molar-refractivity contribution is 9.10. The summed E-state index contributed by atoms with van der Waals surface area (Å²) in [5.41, 5.74) is 1.47. The minimum Gasteiger partial charge on any atom is -0.461 e. The van der Waals surface area contributed by atoms with Gasteiger partial charge in [0.2, 0.25) is 5.91 Å². The zero-order valence-electron chi connectivity index (χ0n) is 13.6. The summed E-state index contributed by atoms with van der Waals surface area (Å²) in [6, 6.07) is 5.58. The Bertz CT molecular complexity index is 743. The van der Waals surface area contributed by atoms with Crippen molar-refractivity contribution >= 4 is 60.3 Å². The number of halogens is 2. The molecule has 0 saturated carbocycles. The Morgan fingerprint density at radius 3 is 2.75 bits per heavy atom. The quantitative estimate of drug-likeness (QED) is 0.452. The van der Waals surface area contributed by atoms with Gasteiger partial charge < -0.3 is 15.0 Å². The van der Waals surface area contributed by atoms with E-state index in [0.717, 1.165) is 34.6 Å². The summed E-state index contributed by atoms with van der Waals surface area (Å²) in [4.78, 5) is 27.4. The van der Waals surface area contributed by atoms with Crippen molar-refractivity contribution in [2.75, 3.05) is 11.9 Å². The summed E-state index contributed by atoms with van der Waals surface area (Å²) < 4.78 is 5.95. The minimum atomic E-state index is -0.486. The number of amides is 1. The number of hydrogen-bond donors (Lipinski definition) is 2. The lowest BCUT2D eigenvalue weighted by molar-refractivity contribution is -0.115. The Hall–Kier alpha value is -1.34. The molecule has 1 heterocycles. The summed E-state index contributed by atoms with van der Waals surface area (Å²) >= 11 is 6.83. The number of alkyl halides is 1. The first-order valence-corrected chi connectivity index (χ1v) is 9.62. The SMILES string of the molecule is CCCCC(Br)C(=O)Nc1c(C(=O)OCC)[nH]c2ccc(Br)cc12. The van der Waals surface area contributed by atoms with Gasteiger partial charge in [-0.25, -0.2) is 4.79 Å². The molecule has 0 radical (unpaired) electrons. The van der Waals surface area contributed by atoms with Gasteiger partial charge in [-0.05, 0) is 31.5 Å². The van der Waals surface area contributed by atoms with Gasteiger partial charge in [-0.1, -0.05) is 51.6 Å². The maximum Gasteiger partial charge on any atom is 0.356 e. The fourth-order valence-electron chi connectivity index (χ4n) is 2.37. The zero-order chi connectivity index (χ0) is 17.7. The van der Waals surface area contributed by atoms with Gasteiger partial charge in [-0.2, -0.15) is 0 Å². The number of nitrogens with one attached hydrogen (secondary N) is 2. The summed E-state index contributed by atoms with van der Waals surface area (Å²) in [7, 11) is 0. The normalized spacial score (nSPS) is 12.2. The van der Waals surface area contributed by atoms with E-state index in [0.29, 0.717) is 5.69 Å². The van der Waals surface area contributed by atoms with Gasteiger partial charge in [0.25, 0.3) is 0 Å². The number of unbranched alkanes of at least 4 members (excludes halogenated alkanes) is 1. The predicted octanol–water partition coefficient (Wildman–Crippen LogP) is 5.00. The third-order valence-corrected chi connectivity index (χ3v) is 4.95. The predicted molar refractivity (Wildman–Crippen MR) is 103 cm³/mol. The summed E-state index contributed by atoms with van der Waals surface area (Å²) in [5.74, 6) is -0.658. The number of fused-ring (bicyclic) bond motifs is 1. The van der Waals surface area contributed by atoms with Crippen molar-refractivity contribution in [3.05, 3.63) is 28.4 Å². The molecule has 1 atom stereocenters. The number of aromatic amines is 1. The van der Waals surface area contributed by atoms with Crippen LogP contribution in [-0.4, -0.2) is 28.3 Å². The molecule has 0 aliphatic rings. The zero-order valence-corrected chi connectivity index (χ0v) is 16.8. The number of rotatable bonds is 7. The van der Waals surface area contributed by atoms with Crippen LogP contribution in [0.1, 0.15) is 43.6 Å². The van der Waals surface area contributed by atoms with Crippen LogP contribution in [-0.2, 0) is 9.53 Å². The number of benzene rings is 1. The molecule has 2 rings (SSSR count). The highest BCUT2D eigenvalue weighted by atomic mass is 79.9. The first-order chi connectivity index (χ1) is 11.5. The fourth-order valence-corrected chi connectivity index (χ4v) is 3.17. The number of ether oxygens (including phenoxy) is 1. The molecule has 0 spiro atoms. The van der Waals surface area contributed by atoms with Crippen LogP contribution in [0.5, 0.6) is 0 Å². The van der Waals surface area contributed by atoms with Crippen LogP contribution in [0.25, 0.3) is 10.9 Å². The van der Waals surface area contributed by atoms with Crippen molar-refractivity contribution in [3.63, 3.8) is 0 Å². The second-order valence-electron chi connectivity index (χ2n) is 5.38. The standard InChI is InChI=1S/C17H20Br2N2O3/c1-3-5-6-12(19)16(22)21-14-11-9-10(18)7-8-13(11)20-15(14)17(23)24-4-2/h7-9,12,20H,3-6H2,1-2H3,(H,21,22). The minimum absolute atomic E-state index is 0.171. The van der Waals surface area contributed by atoms with Gasteiger partial charge in [0.1, 0.15) is 5.69 Å². The number of carbonyl (C=O) groups is 2. The van der Waals surface area contributed by atoms with E-state index in [9.17, 15) is 9.59 Å². The molecule has 0 bridgehead atoms. The van der Waals surface area contributed by atoms with E-state index in [-0.39, 0.29) is 23.0 Å². The third kappa shape index (κ3) is 4.39. The number of esters is 1. The number of hydrogen-bond acceptors (Lipinski definition) is 3. The smallest absolute Gasteiger partial charge is 0.356 e. The average Bonchev–Trinajstić information content (AvgIpc) is 2.90. The van der Waals surface area contributed by atoms with Gasteiger partial charge >= 0.3 is 5.97 Å². The summed E-state index contributed by atoms with van der Waals surface area (Å²) in [5, 5.41) is 3.63. The van der Waals surface area contributed by atoms with Crippen LogP contribution < -0.4 is 5.32 Å². The second kappa shape index (κ2) is 8.67. The molecule has 0 aliphatic carbocycles. The molecule has 1 aromatic carbocycles. The molecular weight excluding hydrogens is 440 g/mol. The molecule has 0 fully saturated rings. The van der Waals surface area contributed by atoms with Gasteiger partial charge in [0.05, 0.1) is 17.1 Å². The Kier molecular flexibility index (Phi) is 6.86. The van der Waals surface area contributed by atoms with Crippen molar-refractivity contribution in [1.29, 1.82) is 0 Å². The Balaban J connectivity index is 2.38. The average molecular weight is 460 g/mol. The van der Waals surface area contributed by atoms with Crippen molar-refractivity contribution in [2.24, 2.45) is 0 Å². The van der Waals surface area contributed by atoms with Crippen LogP contribution in [0.3, 0.4) is 0 Å². The van der Waals surface area contributed by atoms with E-state index in [4.69, 9.17) is 4.74 Å². The van der Waals surface area contributed by atoms with E-state index >= 15 is 0 Å². The molecule has 7 heteroatoms. The van der Waals surface area contributed by atoms with Gasteiger partial charge in [-0.15, -0.1) is 0 Å². The molecule has 1 aromatic heterocycles. The van der Waals surface area contributed by atoms with Gasteiger partial charge in [0, 0.05) is 15.4 Å². The number of anilines is 1. The van der Waals surface area contributed by atoms with Crippen molar-refractivity contribution in [1.82, 2.24) is 4.98 Å². The van der Waals surface area contributed by atoms with Crippen molar-refractivity contribution in [2.45, 2.75) is 37.9 Å². The van der Waals surface area contributed by atoms with Gasteiger partial charge in [0.15, 0.2) is 0 Å². The first kappa shape index (κ1) is 19.0. The summed E-state index contributed by atoms with van der Waals surface area (Å²) in [6.07, 6.45) is 2.71. The van der Waals surface area contributed by atoms with E-state index in [1.807, 2.05) is 18.2 Å². The first-order valence-electron chi connectivity index (χ1n) is 7.91. The highest BCUT2D eigenvalue weighted by Gasteiger charge is 2.23. The van der Waals surface area contributed by atoms with Crippen LogP contribution in [0.15, 0.2) is 22.7 Å². The molecule has 0 saturated heterocycles. The van der Waals surface area contributed by atoms with E-state index < -0.39 is 5.97 Å². The van der Waals surface area contributed by atoms with Crippen LogP contribution >= 0.6 is 31.9 Å². The van der Waals surface area contributed by atoms with Gasteiger partial charge in [-0.3, -0.25) is 4.79 Å². The Labute approximate surface area is 157 Å². The molecule has 5 nitrogen and oxygen atoms in total. The second-order valence-corrected chi connectivity index (χ2v) is 7.41. The number of H-pyrrole nitrogens is 1. The fraction of sp³-hybridized carbons (Fsp3) is 0.412. The molecule has 2 aromatic rings. The molecule has 0 aliphatic heterocycles. The largest absolute Gasteiger partial charge is 0.461 e. The Morgan fingerprint density at radius 2 is 2.08 bits per heavy atom. The molecule has 2 N–H and O–H groups in total. The van der Waals surface area contributed by atoms with Crippen LogP contribution in [0.2, 0.25) is 0 Å². The van der Waals surface area contributed by atoms with E-state index in [2.05, 4.69) is 49.1 Å². The lowest BCUT2D eigenvalue weighted by atomic mass is 10.2. The van der Waals surface area contributed by atoms with Crippen LogP contribution in [0.4, 0.5) is 5.69 Å². The van der Waals surface area contributed by atoms with E-state index in [1.54, 1.807) is 6.92 Å². The molecule has 1 amide bonds. The topological polar surface area (TPSA) is 71.2 Å². The molecule has 24 heavy (non-hydrogen) atoms. The highest BCUT2D eigenvalue weighted by Crippen LogP contribution is 2.31. The van der Waals surface area contributed by atoms with Crippen LogP contribution in [0, 0.1) is 0 Å². The maximum atomic E-state index is 12.4. The number of aromatic nitrogens is 1. The van der Waals surface area contributed by atoms with E-state index in [1.165, 1.54) is 0 Å². The van der Waals surface area contributed by atoms with Crippen molar-refractivity contribution in [3.8, 4) is 0 Å². The molecular formula is C17H20Br2N2O3. The molecule has 130 valence electrons. The monoisotopic (exact) mass is 458 g/mol. The lowest BCUT2D eigenvalue weighted by Gasteiger charge is -2.11. The molecule has 1 unspecified atom stereocenters. The van der Waals surface area contributed by atoms with Crippen molar-refractivity contribution < 1.29 is 14.3 Å². The lowest BCUT2D eigenvalue weighted by Crippen LogP contribution is -2.24.